The average molecular weight is 355 g/mol. The molecular weight excluding hydrogens is 338 g/mol. The van der Waals surface area contributed by atoms with Gasteiger partial charge in [-0.25, -0.2) is 4.79 Å². The summed E-state index contributed by atoms with van der Waals surface area (Å²) < 4.78 is 11.6. The fourth-order valence-corrected chi connectivity index (χ4v) is 2.53. The van der Waals surface area contributed by atoms with Crippen molar-refractivity contribution in [3.8, 4) is 0 Å². The first kappa shape index (κ1) is 17.3. The van der Waals surface area contributed by atoms with Crippen molar-refractivity contribution in [3.63, 3.8) is 0 Å². The largest absolute Gasteiger partial charge is 0.465 e. The second-order valence-electron chi connectivity index (χ2n) is 5.56. The summed E-state index contributed by atoms with van der Waals surface area (Å²) in [6, 6.07) is 9.62. The Morgan fingerprint density at radius 3 is 2.54 bits per heavy atom. The van der Waals surface area contributed by atoms with Crippen LogP contribution >= 0.6 is 0 Å². The Labute approximate surface area is 148 Å². The van der Waals surface area contributed by atoms with Crippen LogP contribution < -0.4 is 10.6 Å². The number of hydrogen-bond donors (Lipinski definition) is 2. The van der Waals surface area contributed by atoms with Gasteiger partial charge >= 0.3 is 5.97 Å². The van der Waals surface area contributed by atoms with Gasteiger partial charge in [0, 0.05) is 24.9 Å². The number of carbonyl (C=O) groups is 3. The number of ether oxygens (including phenoxy) is 1. The molecule has 2 amide bonds. The van der Waals surface area contributed by atoms with Gasteiger partial charge in [-0.15, -0.1) is 0 Å². The van der Waals surface area contributed by atoms with E-state index in [1.807, 2.05) is 0 Å². The second kappa shape index (κ2) is 7.14. The number of amides is 2. The van der Waals surface area contributed by atoms with Crippen molar-refractivity contribution < 1.29 is 23.5 Å². The van der Waals surface area contributed by atoms with Crippen LogP contribution in [0.15, 0.2) is 47.1 Å². The predicted octanol–water partition coefficient (Wildman–Crippen LogP) is 1.93. The molecule has 26 heavy (non-hydrogen) atoms. The van der Waals surface area contributed by atoms with Crippen molar-refractivity contribution in [2.75, 3.05) is 19.0 Å². The van der Waals surface area contributed by atoms with Gasteiger partial charge in [-0.1, -0.05) is 0 Å². The smallest absolute Gasteiger partial charge is 0.337 e. The Kier molecular flexibility index (Phi) is 4.74. The Hall–Kier alpha value is -3.55. The summed E-state index contributed by atoms with van der Waals surface area (Å²) in [5.74, 6) is -1.22. The third-order valence-electron chi connectivity index (χ3n) is 3.90. The summed E-state index contributed by atoms with van der Waals surface area (Å²) in [5, 5.41) is 5.20. The summed E-state index contributed by atoms with van der Waals surface area (Å²) in [6.07, 6.45) is 1.55. The highest BCUT2D eigenvalue weighted by atomic mass is 16.5. The minimum absolute atomic E-state index is 0.190. The maximum atomic E-state index is 12.2. The lowest BCUT2D eigenvalue weighted by atomic mass is 10.2. The zero-order valence-electron chi connectivity index (χ0n) is 14.2. The van der Waals surface area contributed by atoms with Gasteiger partial charge in [0.2, 0.25) is 5.91 Å². The van der Waals surface area contributed by atoms with Crippen LogP contribution in [0.2, 0.25) is 0 Å². The Bertz CT molecular complexity index is 969. The third kappa shape index (κ3) is 3.44. The van der Waals surface area contributed by atoms with Crippen molar-refractivity contribution in [2.45, 2.75) is 0 Å². The average Bonchev–Trinajstić information content (AvgIpc) is 3.23. The Balaban J connectivity index is 1.56. The van der Waals surface area contributed by atoms with Gasteiger partial charge in [-0.2, -0.15) is 0 Å². The van der Waals surface area contributed by atoms with Crippen LogP contribution in [0, 0.1) is 0 Å². The Morgan fingerprint density at radius 1 is 1.15 bits per heavy atom. The first-order valence-electron chi connectivity index (χ1n) is 7.79. The van der Waals surface area contributed by atoms with Crippen LogP contribution in [0.5, 0.6) is 0 Å². The van der Waals surface area contributed by atoms with Gasteiger partial charge in [-0.3, -0.25) is 9.59 Å². The van der Waals surface area contributed by atoms with E-state index < -0.39 is 5.97 Å². The zero-order chi connectivity index (χ0) is 18.7. The highest BCUT2D eigenvalue weighted by molar-refractivity contribution is 6.01. The van der Waals surface area contributed by atoms with Gasteiger partial charge in [0.25, 0.3) is 5.91 Å². The lowest BCUT2D eigenvalue weighted by molar-refractivity contribution is -0.115. The molecule has 0 aliphatic carbocycles. The number of hydrogen-bond acceptors (Lipinski definition) is 5. The van der Waals surface area contributed by atoms with Gasteiger partial charge in [0.1, 0.15) is 5.69 Å². The van der Waals surface area contributed by atoms with Crippen LogP contribution in [0.1, 0.15) is 20.8 Å². The topological polar surface area (TPSA) is 103 Å². The molecule has 0 atom stereocenters. The first-order valence-corrected chi connectivity index (χ1v) is 7.79. The molecule has 3 rings (SSSR count). The quantitative estimate of drug-likeness (QED) is 0.681. The van der Waals surface area contributed by atoms with Crippen molar-refractivity contribution >= 4 is 34.6 Å². The van der Waals surface area contributed by atoms with E-state index in [1.54, 1.807) is 54.3 Å². The molecule has 2 heterocycles. The number of nitrogens with zero attached hydrogens (tertiary/aromatic N) is 1. The number of rotatable bonds is 5. The molecule has 0 aliphatic rings. The number of esters is 1. The normalized spacial score (nSPS) is 10.5. The van der Waals surface area contributed by atoms with Gasteiger partial charge in [0.05, 0.1) is 31.0 Å². The highest BCUT2D eigenvalue weighted by Gasteiger charge is 2.16. The number of fused-ring (bicyclic) bond motifs is 1. The second-order valence-corrected chi connectivity index (χ2v) is 5.56. The number of methoxy groups -OCH3 is 1. The van der Waals surface area contributed by atoms with E-state index in [1.165, 1.54) is 7.11 Å². The molecule has 134 valence electrons. The molecule has 0 aliphatic heterocycles. The summed E-state index contributed by atoms with van der Waals surface area (Å²) in [7, 11) is 3.04. The molecule has 8 heteroatoms. The highest BCUT2D eigenvalue weighted by Crippen LogP contribution is 2.19. The minimum atomic E-state index is -0.455. The third-order valence-corrected chi connectivity index (χ3v) is 3.90. The molecule has 8 nitrogen and oxygen atoms in total. The van der Waals surface area contributed by atoms with E-state index in [9.17, 15) is 14.4 Å². The number of aryl methyl sites for hydroxylation is 1. The summed E-state index contributed by atoms with van der Waals surface area (Å²) in [6.45, 7) is -0.190. The zero-order valence-corrected chi connectivity index (χ0v) is 14.2. The van der Waals surface area contributed by atoms with Crippen molar-refractivity contribution in [3.05, 3.63) is 53.9 Å². The summed E-state index contributed by atoms with van der Waals surface area (Å²) >= 11 is 0. The molecule has 0 saturated carbocycles. The minimum Gasteiger partial charge on any atom is -0.465 e. The number of benzene rings is 1. The molecule has 2 aromatic heterocycles. The maximum Gasteiger partial charge on any atom is 0.337 e. The van der Waals surface area contributed by atoms with Crippen LogP contribution in [-0.2, 0) is 16.6 Å². The van der Waals surface area contributed by atoms with Crippen molar-refractivity contribution in [2.24, 2.45) is 7.05 Å². The van der Waals surface area contributed by atoms with Crippen molar-refractivity contribution in [1.82, 2.24) is 9.88 Å². The molecule has 2 N–H and O–H groups in total. The number of anilines is 1. The summed E-state index contributed by atoms with van der Waals surface area (Å²) in [5.41, 5.74) is 2.69. The molecule has 3 aromatic rings. The number of furan rings is 1. The molecule has 0 radical (unpaired) electrons. The molecule has 1 aromatic carbocycles. The molecule has 0 spiro atoms. The lowest BCUT2D eigenvalue weighted by Gasteiger charge is -2.08. The van der Waals surface area contributed by atoms with Gasteiger partial charge < -0.3 is 24.4 Å². The molecular formula is C18H17N3O5. The van der Waals surface area contributed by atoms with E-state index >= 15 is 0 Å². The van der Waals surface area contributed by atoms with Crippen LogP contribution in [-0.4, -0.2) is 36.0 Å². The predicted molar refractivity (Wildman–Crippen MR) is 93.9 cm³/mol. The SMILES string of the molecule is COC(=O)c1ccc(NC(=O)CNC(=O)c2cc3occc3n2C)cc1. The molecule has 0 unspecified atom stereocenters. The van der Waals surface area contributed by atoms with E-state index in [0.717, 1.165) is 5.52 Å². The van der Waals surface area contributed by atoms with E-state index in [-0.39, 0.29) is 18.4 Å². The number of carbonyl (C=O) groups excluding carboxylic acids is 3. The molecule has 0 saturated heterocycles. The van der Waals surface area contributed by atoms with Gasteiger partial charge in [0.15, 0.2) is 5.58 Å². The fourth-order valence-electron chi connectivity index (χ4n) is 2.53. The van der Waals surface area contributed by atoms with E-state index in [2.05, 4.69) is 15.4 Å². The molecule has 0 bridgehead atoms. The monoisotopic (exact) mass is 355 g/mol. The number of aromatic nitrogens is 1. The standard InChI is InChI=1S/C18H17N3O5/c1-21-13-7-8-26-15(13)9-14(21)17(23)19-10-16(22)20-12-5-3-11(4-6-12)18(24)25-2/h3-9H,10H2,1-2H3,(H,19,23)(H,20,22). The molecule has 0 fully saturated rings. The maximum absolute atomic E-state index is 12.2. The Morgan fingerprint density at radius 2 is 1.88 bits per heavy atom. The van der Waals surface area contributed by atoms with E-state index in [0.29, 0.717) is 22.5 Å². The van der Waals surface area contributed by atoms with Crippen LogP contribution in [0.3, 0.4) is 0 Å². The van der Waals surface area contributed by atoms with E-state index in [4.69, 9.17) is 4.42 Å². The fraction of sp³-hybridized carbons (Fsp3) is 0.167. The lowest BCUT2D eigenvalue weighted by Crippen LogP contribution is -2.33. The van der Waals surface area contributed by atoms with Crippen LogP contribution in [0.4, 0.5) is 5.69 Å². The number of nitrogens with one attached hydrogen (secondary N) is 2. The summed E-state index contributed by atoms with van der Waals surface area (Å²) in [4.78, 5) is 35.6. The van der Waals surface area contributed by atoms with Crippen LogP contribution in [0.25, 0.3) is 11.1 Å². The first-order chi connectivity index (χ1) is 12.5. The van der Waals surface area contributed by atoms with Gasteiger partial charge in [-0.05, 0) is 24.3 Å². The van der Waals surface area contributed by atoms with Crippen molar-refractivity contribution in [1.29, 1.82) is 0 Å².